The normalized spacial score (nSPS) is 23.9. The van der Waals surface area contributed by atoms with Crippen molar-refractivity contribution in [1.82, 2.24) is 19.8 Å². The fraction of sp³-hybridized carbons (Fsp3) is 0.667. The predicted molar refractivity (Wildman–Crippen MR) is 65.8 cm³/mol. The number of carbonyl (C=O) groups excluding carboxylic acids is 1. The molecule has 0 bridgehead atoms. The summed E-state index contributed by atoms with van der Waals surface area (Å²) in [5.74, 6) is 0.0961. The molecule has 2 rings (SSSR count). The van der Waals surface area contributed by atoms with Crippen LogP contribution in [0.1, 0.15) is 19.0 Å². The molecule has 1 saturated heterocycles. The van der Waals surface area contributed by atoms with Gasteiger partial charge >= 0.3 is 0 Å². The first-order valence-corrected chi connectivity index (χ1v) is 5.94. The van der Waals surface area contributed by atoms with E-state index < -0.39 is 0 Å². The molecule has 0 spiro atoms. The number of aromatic nitrogens is 2. The molecule has 0 radical (unpaired) electrons. The summed E-state index contributed by atoms with van der Waals surface area (Å²) in [5.41, 5.74) is 1.25. The molecule has 1 aliphatic rings. The maximum Gasteiger partial charge on any atom is 0.242 e. The van der Waals surface area contributed by atoms with Crippen LogP contribution in [0, 0.1) is 0 Å². The third-order valence-corrected chi connectivity index (χ3v) is 3.50. The number of hydrogen-bond acceptors (Lipinski definition) is 3. The lowest BCUT2D eigenvalue weighted by molar-refractivity contribution is -0.129. The predicted octanol–water partition coefficient (Wildman–Crippen LogP) is 0.222. The molecule has 1 atom stereocenters. The Balaban J connectivity index is 2.20. The Hall–Kier alpha value is -1.36. The Kier molecular flexibility index (Phi) is 3.19. The number of nitrogens with zero attached hydrogens (tertiary/aromatic N) is 3. The summed E-state index contributed by atoms with van der Waals surface area (Å²) in [6.45, 7) is 4.58. The minimum absolute atomic E-state index is 0.0961. The van der Waals surface area contributed by atoms with Gasteiger partial charge < -0.3 is 14.8 Å². The molecule has 1 aliphatic heterocycles. The Morgan fingerprint density at radius 2 is 2.41 bits per heavy atom. The van der Waals surface area contributed by atoms with Crippen LogP contribution >= 0.6 is 0 Å². The minimum atomic E-state index is 0.0961. The van der Waals surface area contributed by atoms with Gasteiger partial charge in [-0.25, -0.2) is 4.98 Å². The Morgan fingerprint density at radius 1 is 1.65 bits per heavy atom. The highest BCUT2D eigenvalue weighted by Crippen LogP contribution is 2.29. The number of nitrogens with one attached hydrogen (secondary N) is 1. The zero-order valence-corrected chi connectivity index (χ0v) is 10.7. The second-order valence-electron chi connectivity index (χ2n) is 5.18. The van der Waals surface area contributed by atoms with Crippen LogP contribution in [0.4, 0.5) is 0 Å². The highest BCUT2D eigenvalue weighted by molar-refractivity contribution is 5.75. The number of amides is 1. The van der Waals surface area contributed by atoms with Gasteiger partial charge in [-0.3, -0.25) is 4.79 Å². The van der Waals surface area contributed by atoms with Crippen LogP contribution in [0.5, 0.6) is 0 Å². The molecule has 1 N–H and O–H groups in total. The molecule has 1 amide bonds. The van der Waals surface area contributed by atoms with Crippen molar-refractivity contribution in [2.24, 2.45) is 0 Å². The van der Waals surface area contributed by atoms with E-state index in [1.807, 2.05) is 10.8 Å². The van der Waals surface area contributed by atoms with E-state index in [0.29, 0.717) is 6.54 Å². The topological polar surface area (TPSA) is 50.2 Å². The third kappa shape index (κ3) is 2.34. The van der Waals surface area contributed by atoms with Crippen molar-refractivity contribution in [3.05, 3.63) is 18.2 Å². The molecular weight excluding hydrogens is 216 g/mol. The van der Waals surface area contributed by atoms with E-state index in [0.717, 1.165) is 25.2 Å². The van der Waals surface area contributed by atoms with Gasteiger partial charge in [-0.2, -0.15) is 0 Å². The van der Waals surface area contributed by atoms with Gasteiger partial charge in [0.05, 0.1) is 6.33 Å². The molecule has 5 heteroatoms. The summed E-state index contributed by atoms with van der Waals surface area (Å²) in [6.07, 6.45) is 4.73. The summed E-state index contributed by atoms with van der Waals surface area (Å²) in [7, 11) is 3.55. The average molecular weight is 236 g/mol. The summed E-state index contributed by atoms with van der Waals surface area (Å²) < 4.78 is 1.97. The van der Waals surface area contributed by atoms with Crippen LogP contribution in [0.2, 0.25) is 0 Å². The van der Waals surface area contributed by atoms with Crippen molar-refractivity contribution < 1.29 is 4.79 Å². The minimum Gasteiger partial charge on any atom is -0.347 e. The Labute approximate surface area is 102 Å². The van der Waals surface area contributed by atoms with Crippen molar-refractivity contribution in [2.75, 3.05) is 27.2 Å². The zero-order chi connectivity index (χ0) is 12.5. The van der Waals surface area contributed by atoms with Gasteiger partial charge in [0.25, 0.3) is 0 Å². The zero-order valence-electron chi connectivity index (χ0n) is 10.7. The Bertz CT molecular complexity index is 404. The highest BCUT2D eigenvalue weighted by atomic mass is 16.2. The summed E-state index contributed by atoms with van der Waals surface area (Å²) >= 11 is 0. The molecule has 94 valence electrons. The van der Waals surface area contributed by atoms with Crippen molar-refractivity contribution in [2.45, 2.75) is 25.3 Å². The standard InChI is InChI=1S/C12H20N4O/c1-12(4-5-13-8-12)10-6-14-9-16(10)7-11(17)15(2)3/h6,9,13H,4-5,7-8H2,1-3H3. The van der Waals surface area contributed by atoms with Crippen molar-refractivity contribution >= 4 is 5.91 Å². The van der Waals surface area contributed by atoms with Crippen LogP contribution in [0.25, 0.3) is 0 Å². The molecule has 1 unspecified atom stereocenters. The number of hydrogen-bond donors (Lipinski definition) is 1. The SMILES string of the molecule is CN(C)C(=O)Cn1cncc1C1(C)CCNC1. The van der Waals surface area contributed by atoms with Gasteiger partial charge in [0.1, 0.15) is 6.54 Å². The molecule has 0 saturated carbocycles. The van der Waals surface area contributed by atoms with Gasteiger partial charge in [-0.15, -0.1) is 0 Å². The fourth-order valence-electron chi connectivity index (χ4n) is 2.27. The lowest BCUT2D eigenvalue weighted by Gasteiger charge is -2.24. The molecule has 1 aromatic heterocycles. The van der Waals surface area contributed by atoms with Crippen LogP contribution < -0.4 is 5.32 Å². The number of carbonyl (C=O) groups is 1. The highest BCUT2D eigenvalue weighted by Gasteiger charge is 2.33. The Morgan fingerprint density at radius 3 is 3.00 bits per heavy atom. The van der Waals surface area contributed by atoms with E-state index in [-0.39, 0.29) is 11.3 Å². The van der Waals surface area contributed by atoms with E-state index in [1.165, 1.54) is 0 Å². The summed E-state index contributed by atoms with van der Waals surface area (Å²) in [5, 5.41) is 3.37. The number of likely N-dealkylation sites (N-methyl/N-ethyl adjacent to an activating group) is 1. The fourth-order valence-corrected chi connectivity index (χ4v) is 2.27. The van der Waals surface area contributed by atoms with Gasteiger partial charge in [-0.05, 0) is 13.0 Å². The molecule has 1 aromatic rings. The van der Waals surface area contributed by atoms with E-state index in [9.17, 15) is 4.79 Å². The molecule has 0 aromatic carbocycles. The van der Waals surface area contributed by atoms with Crippen molar-refractivity contribution in [1.29, 1.82) is 0 Å². The quantitative estimate of drug-likeness (QED) is 0.817. The largest absolute Gasteiger partial charge is 0.347 e. The number of imidazole rings is 1. The smallest absolute Gasteiger partial charge is 0.242 e. The molecular formula is C12H20N4O. The maximum absolute atomic E-state index is 11.7. The molecule has 17 heavy (non-hydrogen) atoms. The maximum atomic E-state index is 11.7. The van der Waals surface area contributed by atoms with Crippen LogP contribution in [-0.2, 0) is 16.8 Å². The van der Waals surface area contributed by atoms with Gasteiger partial charge in [0.2, 0.25) is 5.91 Å². The lowest BCUT2D eigenvalue weighted by Crippen LogP contribution is -2.31. The van der Waals surface area contributed by atoms with Crippen LogP contribution in [0.3, 0.4) is 0 Å². The van der Waals surface area contributed by atoms with E-state index >= 15 is 0 Å². The van der Waals surface area contributed by atoms with E-state index in [1.54, 1.807) is 25.3 Å². The van der Waals surface area contributed by atoms with Crippen molar-refractivity contribution in [3.63, 3.8) is 0 Å². The van der Waals surface area contributed by atoms with Gasteiger partial charge in [0.15, 0.2) is 0 Å². The van der Waals surface area contributed by atoms with Gasteiger partial charge in [0, 0.05) is 37.9 Å². The van der Waals surface area contributed by atoms with E-state index in [4.69, 9.17) is 0 Å². The average Bonchev–Trinajstić information content (AvgIpc) is 2.87. The first kappa shape index (κ1) is 12.1. The molecule has 1 fully saturated rings. The molecule has 0 aliphatic carbocycles. The second-order valence-corrected chi connectivity index (χ2v) is 5.18. The first-order valence-electron chi connectivity index (χ1n) is 5.94. The van der Waals surface area contributed by atoms with Crippen molar-refractivity contribution in [3.8, 4) is 0 Å². The monoisotopic (exact) mass is 236 g/mol. The summed E-state index contributed by atoms with van der Waals surface area (Å²) in [4.78, 5) is 17.5. The third-order valence-electron chi connectivity index (χ3n) is 3.50. The molecule has 2 heterocycles. The molecule has 5 nitrogen and oxygen atoms in total. The van der Waals surface area contributed by atoms with Crippen LogP contribution in [0.15, 0.2) is 12.5 Å². The first-order chi connectivity index (χ1) is 8.03. The lowest BCUT2D eigenvalue weighted by atomic mass is 9.86. The van der Waals surface area contributed by atoms with E-state index in [2.05, 4.69) is 17.2 Å². The second kappa shape index (κ2) is 4.49. The van der Waals surface area contributed by atoms with Gasteiger partial charge in [-0.1, -0.05) is 6.92 Å². The van der Waals surface area contributed by atoms with Crippen LogP contribution in [-0.4, -0.2) is 47.5 Å². The number of rotatable bonds is 3. The summed E-state index contributed by atoms with van der Waals surface area (Å²) in [6, 6.07) is 0.